The smallest absolute Gasteiger partial charge is 0.164 e. The first-order chi connectivity index (χ1) is 25.3. The van der Waals surface area contributed by atoms with Crippen LogP contribution in [0.1, 0.15) is 23.1 Å². The van der Waals surface area contributed by atoms with Gasteiger partial charge in [-0.1, -0.05) is 146 Å². The highest BCUT2D eigenvalue weighted by Crippen LogP contribution is 2.40. The summed E-state index contributed by atoms with van der Waals surface area (Å²) in [6.45, 7) is 0. The lowest BCUT2D eigenvalue weighted by Crippen LogP contribution is -2.02. The summed E-state index contributed by atoms with van der Waals surface area (Å²) in [6.07, 6.45) is 4.48. The van der Waals surface area contributed by atoms with Crippen molar-refractivity contribution in [1.29, 1.82) is 0 Å². The molecule has 10 rings (SSSR count). The average Bonchev–Trinajstić information content (AvgIpc) is 3.59. The summed E-state index contributed by atoms with van der Waals surface area (Å²) in [5.74, 6) is 1.87. The Hall–Kier alpha value is -6.65. The molecule has 7 aromatic carbocycles. The Morgan fingerprint density at radius 3 is 1.96 bits per heavy atom. The Kier molecular flexibility index (Phi) is 6.91. The Labute approximate surface area is 295 Å². The molecule has 0 aliphatic heterocycles. The highest BCUT2D eigenvalue weighted by molar-refractivity contribution is 6.13. The van der Waals surface area contributed by atoms with Gasteiger partial charge < -0.3 is 4.42 Å². The number of allylic oxidation sites excluding steroid dienone is 1. The maximum absolute atomic E-state index is 6.44. The van der Waals surface area contributed by atoms with Crippen molar-refractivity contribution in [3.05, 3.63) is 180 Å². The lowest BCUT2D eigenvalue weighted by Gasteiger charge is -2.18. The molecule has 2 heterocycles. The highest BCUT2D eigenvalue weighted by Gasteiger charge is 2.19. The minimum absolute atomic E-state index is 0.607. The van der Waals surface area contributed by atoms with E-state index in [0.29, 0.717) is 17.5 Å². The second-order valence-electron chi connectivity index (χ2n) is 13.1. The van der Waals surface area contributed by atoms with Crippen LogP contribution in [0.3, 0.4) is 0 Å². The molecule has 240 valence electrons. The fourth-order valence-corrected chi connectivity index (χ4v) is 7.55. The van der Waals surface area contributed by atoms with E-state index < -0.39 is 0 Å². The molecular formula is C47H31N3O. The maximum Gasteiger partial charge on any atom is 0.164 e. The first kappa shape index (κ1) is 29.3. The minimum Gasteiger partial charge on any atom is -0.456 e. The lowest BCUT2D eigenvalue weighted by molar-refractivity contribution is 0.669. The molecule has 4 nitrogen and oxygen atoms in total. The summed E-state index contributed by atoms with van der Waals surface area (Å²) in [5, 5.41) is 4.45. The van der Waals surface area contributed by atoms with Crippen LogP contribution in [0.5, 0.6) is 0 Å². The number of rotatable bonds is 5. The third-order valence-corrected chi connectivity index (χ3v) is 10.0. The summed E-state index contributed by atoms with van der Waals surface area (Å²) in [4.78, 5) is 15.3. The van der Waals surface area contributed by atoms with E-state index >= 15 is 0 Å². The lowest BCUT2D eigenvalue weighted by atomic mass is 9.87. The number of nitrogens with zero attached hydrogens (tertiary/aromatic N) is 3. The maximum atomic E-state index is 6.44. The van der Waals surface area contributed by atoms with E-state index in [1.54, 1.807) is 0 Å². The van der Waals surface area contributed by atoms with Crippen LogP contribution in [-0.4, -0.2) is 15.0 Å². The van der Waals surface area contributed by atoms with Gasteiger partial charge in [0, 0.05) is 27.5 Å². The molecule has 51 heavy (non-hydrogen) atoms. The molecule has 0 N–H and O–H groups in total. The van der Waals surface area contributed by atoms with Gasteiger partial charge in [0.05, 0.1) is 0 Å². The van der Waals surface area contributed by atoms with E-state index in [1.165, 1.54) is 38.6 Å². The molecule has 1 aliphatic rings. The molecular weight excluding hydrogens is 623 g/mol. The van der Waals surface area contributed by atoms with Gasteiger partial charge in [0.2, 0.25) is 0 Å². The molecule has 0 bridgehead atoms. The van der Waals surface area contributed by atoms with Crippen molar-refractivity contribution in [2.45, 2.75) is 12.8 Å². The van der Waals surface area contributed by atoms with Crippen LogP contribution in [0.2, 0.25) is 0 Å². The summed E-state index contributed by atoms with van der Waals surface area (Å²) >= 11 is 0. The van der Waals surface area contributed by atoms with Gasteiger partial charge in [-0.25, -0.2) is 15.0 Å². The second kappa shape index (κ2) is 12.0. The van der Waals surface area contributed by atoms with Gasteiger partial charge in [0.25, 0.3) is 0 Å². The van der Waals surface area contributed by atoms with Gasteiger partial charge >= 0.3 is 0 Å². The molecule has 4 heteroatoms. The third-order valence-electron chi connectivity index (χ3n) is 10.0. The van der Waals surface area contributed by atoms with E-state index in [0.717, 1.165) is 57.0 Å². The van der Waals surface area contributed by atoms with Crippen LogP contribution in [0.15, 0.2) is 168 Å². The van der Waals surface area contributed by atoms with Crippen molar-refractivity contribution in [1.82, 2.24) is 15.0 Å². The Balaban J connectivity index is 1.13. The van der Waals surface area contributed by atoms with Crippen LogP contribution in [0, 0.1) is 0 Å². The summed E-state index contributed by atoms with van der Waals surface area (Å²) in [7, 11) is 0. The Morgan fingerprint density at radius 1 is 0.431 bits per heavy atom. The number of fused-ring (bicyclic) bond motifs is 5. The SMILES string of the molecule is C1=C(c2ccc(-c3nc(-c4ccccc4)nc(-c4cccc5oc6ccc(-c7cccc8ccccc78)cc6c45)n3)cc2)c2ccccc2CC1. The first-order valence-electron chi connectivity index (χ1n) is 17.4. The van der Waals surface area contributed by atoms with Crippen molar-refractivity contribution in [3.8, 4) is 45.3 Å². The molecule has 0 radical (unpaired) electrons. The highest BCUT2D eigenvalue weighted by atomic mass is 16.3. The fraction of sp³-hybridized carbons (Fsp3) is 0.0426. The first-order valence-corrected chi connectivity index (χ1v) is 17.4. The number of hydrogen-bond acceptors (Lipinski definition) is 4. The topological polar surface area (TPSA) is 51.8 Å². The van der Waals surface area contributed by atoms with E-state index in [2.05, 4.69) is 121 Å². The van der Waals surface area contributed by atoms with Crippen molar-refractivity contribution in [2.75, 3.05) is 0 Å². The summed E-state index contributed by atoms with van der Waals surface area (Å²) < 4.78 is 6.44. The average molecular weight is 654 g/mol. The number of furan rings is 1. The molecule has 0 saturated carbocycles. The number of aromatic nitrogens is 3. The largest absolute Gasteiger partial charge is 0.456 e. The molecule has 0 saturated heterocycles. The predicted molar refractivity (Wildman–Crippen MR) is 208 cm³/mol. The van der Waals surface area contributed by atoms with Crippen LogP contribution in [0.4, 0.5) is 0 Å². The molecule has 0 amide bonds. The Bertz CT molecular complexity index is 2790. The molecule has 2 aromatic heterocycles. The standard InChI is InChI=1S/C47H31N3O/c1-2-13-33(14-3-1)45-48-46(34-25-23-32(24-26-34)38-19-8-15-30-11-4-6-17-36(30)38)50-47(49-45)40-21-10-22-43-44(40)41-29-35(27-28-42(41)51-43)39-20-9-16-31-12-5-7-18-37(31)39/h1-7,9-14,16-29H,8,15H2. The van der Waals surface area contributed by atoms with Gasteiger partial charge in [-0.05, 0) is 75.2 Å². The zero-order valence-corrected chi connectivity index (χ0v) is 27.8. The zero-order valence-electron chi connectivity index (χ0n) is 27.8. The molecule has 0 atom stereocenters. The van der Waals surface area contributed by atoms with E-state index in [1.807, 2.05) is 42.5 Å². The van der Waals surface area contributed by atoms with Crippen molar-refractivity contribution in [2.24, 2.45) is 0 Å². The van der Waals surface area contributed by atoms with Gasteiger partial charge in [-0.3, -0.25) is 0 Å². The summed E-state index contributed by atoms with van der Waals surface area (Å²) in [6, 6.07) is 55.1. The van der Waals surface area contributed by atoms with Gasteiger partial charge in [-0.15, -0.1) is 0 Å². The van der Waals surface area contributed by atoms with Crippen LogP contribution in [-0.2, 0) is 6.42 Å². The minimum atomic E-state index is 0.607. The van der Waals surface area contributed by atoms with Gasteiger partial charge in [-0.2, -0.15) is 0 Å². The van der Waals surface area contributed by atoms with Crippen molar-refractivity contribution >= 4 is 38.3 Å². The fourth-order valence-electron chi connectivity index (χ4n) is 7.55. The van der Waals surface area contributed by atoms with Crippen LogP contribution < -0.4 is 0 Å². The Morgan fingerprint density at radius 2 is 1.08 bits per heavy atom. The van der Waals surface area contributed by atoms with Gasteiger partial charge in [0.1, 0.15) is 11.2 Å². The van der Waals surface area contributed by atoms with E-state index in [-0.39, 0.29) is 0 Å². The zero-order chi connectivity index (χ0) is 33.7. The van der Waals surface area contributed by atoms with Crippen LogP contribution in [0.25, 0.3) is 83.6 Å². The number of hydrogen-bond donors (Lipinski definition) is 0. The van der Waals surface area contributed by atoms with E-state index in [4.69, 9.17) is 19.4 Å². The van der Waals surface area contributed by atoms with Crippen LogP contribution >= 0.6 is 0 Å². The van der Waals surface area contributed by atoms with E-state index in [9.17, 15) is 0 Å². The molecule has 0 unspecified atom stereocenters. The van der Waals surface area contributed by atoms with Crippen molar-refractivity contribution < 1.29 is 4.42 Å². The predicted octanol–water partition coefficient (Wildman–Crippen LogP) is 12.0. The molecule has 0 fully saturated rings. The molecule has 1 aliphatic carbocycles. The quantitative estimate of drug-likeness (QED) is 0.185. The van der Waals surface area contributed by atoms with Crippen molar-refractivity contribution in [3.63, 3.8) is 0 Å². The molecule has 0 spiro atoms. The monoisotopic (exact) mass is 653 g/mol. The third kappa shape index (κ3) is 5.12. The molecule has 9 aromatic rings. The number of aryl methyl sites for hydroxylation is 1. The second-order valence-corrected chi connectivity index (χ2v) is 13.1. The number of benzene rings is 7. The normalized spacial score (nSPS) is 12.7. The van der Waals surface area contributed by atoms with Gasteiger partial charge in [0.15, 0.2) is 17.5 Å². The summed E-state index contributed by atoms with van der Waals surface area (Å²) in [5.41, 5.74) is 11.9.